The lowest BCUT2D eigenvalue weighted by Gasteiger charge is -2.12. The zero-order valence-electron chi connectivity index (χ0n) is 9.29. The molecule has 0 bridgehead atoms. The van der Waals surface area contributed by atoms with Crippen LogP contribution < -0.4 is 0 Å². The van der Waals surface area contributed by atoms with E-state index in [0.717, 1.165) is 12.3 Å². The molecule has 0 aliphatic carbocycles. The van der Waals surface area contributed by atoms with Gasteiger partial charge in [-0.2, -0.15) is 0 Å². The molecule has 0 heterocycles. The number of nitrogens with zero attached hydrogens (tertiary/aromatic N) is 1. The fourth-order valence-electron chi connectivity index (χ4n) is 1.39. The van der Waals surface area contributed by atoms with Gasteiger partial charge in [0.15, 0.2) is 11.6 Å². The van der Waals surface area contributed by atoms with Gasteiger partial charge in [0.25, 0.3) is 0 Å². The van der Waals surface area contributed by atoms with Crippen molar-refractivity contribution in [2.75, 3.05) is 7.11 Å². The number of aromatic hydroxyl groups is 1. The van der Waals surface area contributed by atoms with Crippen LogP contribution in [0.2, 0.25) is 0 Å². The molecule has 0 radical (unpaired) electrons. The van der Waals surface area contributed by atoms with Crippen LogP contribution >= 0.6 is 0 Å². The Morgan fingerprint density at radius 2 is 2.06 bits per heavy atom. The van der Waals surface area contributed by atoms with E-state index in [9.17, 15) is 13.9 Å². The summed E-state index contributed by atoms with van der Waals surface area (Å²) in [6.45, 7) is 3.32. The molecule has 0 saturated carbocycles. The Labute approximate surface area is 92.3 Å². The molecule has 5 heteroatoms. The molecule has 0 aromatic heterocycles. The molecule has 88 valence electrons. The minimum atomic E-state index is -1.03. The minimum absolute atomic E-state index is 0.0578. The topological polar surface area (TPSA) is 41.8 Å². The Balaban J connectivity index is 3.38. The third-order valence-corrected chi connectivity index (χ3v) is 2.13. The zero-order valence-corrected chi connectivity index (χ0v) is 9.29. The molecule has 16 heavy (non-hydrogen) atoms. The van der Waals surface area contributed by atoms with Gasteiger partial charge in [0.1, 0.15) is 12.9 Å². The molecule has 0 amide bonds. The van der Waals surface area contributed by atoms with Gasteiger partial charge in [0.05, 0.1) is 6.21 Å². The molecule has 0 aliphatic heterocycles. The average Bonchev–Trinajstić information content (AvgIpc) is 2.21. The van der Waals surface area contributed by atoms with E-state index in [1.54, 1.807) is 13.8 Å². The molecular formula is C11H13F2NO2. The lowest BCUT2D eigenvalue weighted by molar-refractivity contribution is 0.215. The van der Waals surface area contributed by atoms with Gasteiger partial charge in [-0.1, -0.05) is 19.0 Å². The highest BCUT2D eigenvalue weighted by Crippen LogP contribution is 2.32. The summed E-state index contributed by atoms with van der Waals surface area (Å²) in [7, 11) is 1.32. The number of rotatable bonds is 3. The van der Waals surface area contributed by atoms with E-state index < -0.39 is 11.6 Å². The number of hydrogen-bond acceptors (Lipinski definition) is 3. The van der Waals surface area contributed by atoms with E-state index in [2.05, 4.69) is 9.99 Å². The average molecular weight is 229 g/mol. The van der Waals surface area contributed by atoms with Crippen LogP contribution in [0.4, 0.5) is 8.78 Å². The molecule has 0 fully saturated rings. The third kappa shape index (κ3) is 2.29. The van der Waals surface area contributed by atoms with Crippen molar-refractivity contribution in [3.63, 3.8) is 0 Å². The summed E-state index contributed by atoms with van der Waals surface area (Å²) in [4.78, 5) is 4.41. The first-order valence-electron chi connectivity index (χ1n) is 4.76. The lowest BCUT2D eigenvalue weighted by Crippen LogP contribution is -2.01. The smallest absolute Gasteiger partial charge is 0.166 e. The quantitative estimate of drug-likeness (QED) is 0.639. The number of hydrogen-bond donors (Lipinski definition) is 1. The van der Waals surface area contributed by atoms with Crippen LogP contribution in [0.3, 0.4) is 0 Å². The molecule has 0 spiro atoms. The van der Waals surface area contributed by atoms with Crippen LogP contribution in [0.1, 0.15) is 30.9 Å². The molecule has 1 aromatic rings. The van der Waals surface area contributed by atoms with Gasteiger partial charge in [0.2, 0.25) is 0 Å². The predicted octanol–water partition coefficient (Wildman–Crippen LogP) is 2.77. The first kappa shape index (κ1) is 12.4. The number of phenolic OH excluding ortho intramolecular Hbond substituents is 1. The molecule has 0 saturated heterocycles. The monoisotopic (exact) mass is 229 g/mol. The Kier molecular flexibility index (Phi) is 3.82. The molecule has 0 unspecified atom stereocenters. The van der Waals surface area contributed by atoms with Gasteiger partial charge in [0, 0.05) is 11.1 Å². The Morgan fingerprint density at radius 1 is 1.44 bits per heavy atom. The highest BCUT2D eigenvalue weighted by molar-refractivity contribution is 5.83. The van der Waals surface area contributed by atoms with Crippen molar-refractivity contribution in [1.29, 1.82) is 0 Å². The molecule has 1 rings (SSSR count). The van der Waals surface area contributed by atoms with Gasteiger partial charge >= 0.3 is 0 Å². The molecule has 0 atom stereocenters. The maximum Gasteiger partial charge on any atom is 0.166 e. The van der Waals surface area contributed by atoms with E-state index in [1.807, 2.05) is 0 Å². The van der Waals surface area contributed by atoms with Crippen molar-refractivity contribution < 1.29 is 18.7 Å². The number of phenols is 1. The Morgan fingerprint density at radius 3 is 2.56 bits per heavy atom. The predicted molar refractivity (Wildman–Crippen MR) is 56.7 cm³/mol. The minimum Gasteiger partial charge on any atom is -0.507 e. The maximum absolute atomic E-state index is 13.4. The summed E-state index contributed by atoms with van der Waals surface area (Å²) < 4.78 is 26.6. The third-order valence-electron chi connectivity index (χ3n) is 2.13. The van der Waals surface area contributed by atoms with Crippen molar-refractivity contribution in [3.05, 3.63) is 28.8 Å². The normalized spacial score (nSPS) is 11.4. The van der Waals surface area contributed by atoms with E-state index >= 15 is 0 Å². The molecule has 0 aliphatic rings. The molecule has 1 N–H and O–H groups in total. The second kappa shape index (κ2) is 4.92. The SMILES string of the molecule is CON=Cc1cc(F)c(F)c(C(C)C)c1O. The van der Waals surface area contributed by atoms with Crippen LogP contribution in [0.25, 0.3) is 0 Å². The largest absolute Gasteiger partial charge is 0.507 e. The zero-order chi connectivity index (χ0) is 12.3. The van der Waals surface area contributed by atoms with Gasteiger partial charge < -0.3 is 9.94 Å². The van der Waals surface area contributed by atoms with Crippen LogP contribution in [-0.2, 0) is 4.84 Å². The second-order valence-electron chi connectivity index (χ2n) is 3.60. The van der Waals surface area contributed by atoms with Crippen LogP contribution in [0.5, 0.6) is 5.75 Å². The number of halogens is 2. The number of oxime groups is 1. The van der Waals surface area contributed by atoms with Crippen molar-refractivity contribution in [3.8, 4) is 5.75 Å². The molecular weight excluding hydrogens is 216 g/mol. The number of benzene rings is 1. The fourth-order valence-corrected chi connectivity index (χ4v) is 1.39. The van der Waals surface area contributed by atoms with Gasteiger partial charge in [-0.15, -0.1) is 0 Å². The fraction of sp³-hybridized carbons (Fsp3) is 0.364. The van der Waals surface area contributed by atoms with E-state index in [0.29, 0.717) is 0 Å². The summed E-state index contributed by atoms with van der Waals surface area (Å²) in [5, 5.41) is 13.1. The van der Waals surface area contributed by atoms with E-state index in [4.69, 9.17) is 0 Å². The first-order valence-corrected chi connectivity index (χ1v) is 4.76. The van der Waals surface area contributed by atoms with Gasteiger partial charge in [-0.05, 0) is 12.0 Å². The standard InChI is InChI=1S/C11H13F2NO2/c1-6(2)9-10(13)8(12)4-7(11(9)15)5-14-16-3/h4-6,15H,1-3H3. The van der Waals surface area contributed by atoms with Crippen molar-refractivity contribution in [1.82, 2.24) is 0 Å². The van der Waals surface area contributed by atoms with Gasteiger partial charge in [-0.3, -0.25) is 0 Å². The summed E-state index contributed by atoms with van der Waals surface area (Å²) in [5.41, 5.74) is 0.0296. The lowest BCUT2D eigenvalue weighted by atomic mass is 9.98. The van der Waals surface area contributed by atoms with Crippen molar-refractivity contribution in [2.24, 2.45) is 5.16 Å². The Hall–Kier alpha value is -1.65. The summed E-state index contributed by atoms with van der Waals surface area (Å²) in [5.74, 6) is -2.68. The summed E-state index contributed by atoms with van der Waals surface area (Å²) >= 11 is 0. The maximum atomic E-state index is 13.4. The van der Waals surface area contributed by atoms with Crippen LogP contribution in [0, 0.1) is 11.6 Å². The highest BCUT2D eigenvalue weighted by atomic mass is 19.2. The van der Waals surface area contributed by atoms with E-state index in [1.165, 1.54) is 7.11 Å². The van der Waals surface area contributed by atoms with Crippen molar-refractivity contribution >= 4 is 6.21 Å². The summed E-state index contributed by atoms with van der Waals surface area (Å²) in [6, 6.07) is 0.874. The molecule has 1 aromatic carbocycles. The van der Waals surface area contributed by atoms with Crippen LogP contribution in [0.15, 0.2) is 11.2 Å². The summed E-state index contributed by atoms with van der Waals surface area (Å²) in [6.07, 6.45) is 1.13. The first-order chi connectivity index (χ1) is 7.49. The van der Waals surface area contributed by atoms with Gasteiger partial charge in [-0.25, -0.2) is 8.78 Å². The highest BCUT2D eigenvalue weighted by Gasteiger charge is 2.19. The van der Waals surface area contributed by atoms with Crippen molar-refractivity contribution in [2.45, 2.75) is 19.8 Å². The van der Waals surface area contributed by atoms with E-state index in [-0.39, 0.29) is 22.8 Å². The van der Waals surface area contributed by atoms with Crippen LogP contribution in [-0.4, -0.2) is 18.4 Å². The molecule has 3 nitrogen and oxygen atoms in total. The Bertz CT molecular complexity index is 417. The second-order valence-corrected chi connectivity index (χ2v) is 3.60.